The average molecular weight is 410 g/mol. The molecule has 4 rings (SSSR count). The maximum Gasteiger partial charge on any atom is 1.00 e. The molecule has 2 aromatic carbocycles. The number of carboxylic acids is 1. The van der Waals surface area contributed by atoms with Crippen LogP contribution in [0.4, 0.5) is 5.69 Å². The molecule has 2 aliphatic rings. The van der Waals surface area contributed by atoms with Gasteiger partial charge in [0.1, 0.15) is 5.75 Å². The van der Waals surface area contributed by atoms with Gasteiger partial charge in [-0.2, -0.15) is 0 Å². The van der Waals surface area contributed by atoms with Crippen molar-refractivity contribution in [3.8, 4) is 11.5 Å². The van der Waals surface area contributed by atoms with E-state index in [2.05, 4.69) is 0 Å². The number of anilines is 1. The first-order valence-electron chi connectivity index (χ1n) is 8.75. The molecule has 1 aliphatic heterocycles. The van der Waals surface area contributed by atoms with Crippen molar-refractivity contribution in [3.63, 3.8) is 0 Å². The summed E-state index contributed by atoms with van der Waals surface area (Å²) in [6.45, 7) is -0.0367. The van der Waals surface area contributed by atoms with E-state index < -0.39 is 5.97 Å². The number of hydrogen-bond donors (Lipinski definition) is 0. The van der Waals surface area contributed by atoms with E-state index in [9.17, 15) is 14.7 Å². The zero-order valence-corrected chi connectivity index (χ0v) is 18.2. The van der Waals surface area contributed by atoms with Gasteiger partial charge < -0.3 is 24.3 Å². The van der Waals surface area contributed by atoms with Gasteiger partial charge in [0.05, 0.1) is 24.3 Å². The second-order valence-electron chi connectivity index (χ2n) is 6.63. The first-order valence-corrected chi connectivity index (χ1v) is 9.13. The normalized spacial score (nSPS) is 15.8. The minimum Gasteiger partial charge on any atom is -0.545 e. The maximum atomic E-state index is 12.5. The molecule has 2 aromatic rings. The Labute approximate surface area is 189 Å². The fourth-order valence-corrected chi connectivity index (χ4v) is 3.39. The predicted octanol–water partition coefficient (Wildman–Crippen LogP) is -0.436. The van der Waals surface area contributed by atoms with Gasteiger partial charge in [0.15, 0.2) is 12.4 Å². The number of ether oxygens (including phenoxy) is 2. The summed E-state index contributed by atoms with van der Waals surface area (Å²) in [7, 11) is 0. The second kappa shape index (κ2) is 8.74. The fraction of sp³-hybridized carbons (Fsp3) is 0.300. The van der Waals surface area contributed by atoms with Crippen molar-refractivity contribution in [2.75, 3.05) is 11.5 Å². The molecule has 0 saturated heterocycles. The molecule has 8 heteroatoms. The van der Waals surface area contributed by atoms with Crippen LogP contribution in [0.5, 0.6) is 11.5 Å². The van der Waals surface area contributed by atoms with Gasteiger partial charge in [-0.25, -0.2) is 0 Å². The number of fused-ring (bicyclic) bond motifs is 1. The van der Waals surface area contributed by atoms with Crippen LogP contribution in [-0.2, 0) is 11.3 Å². The van der Waals surface area contributed by atoms with E-state index >= 15 is 0 Å². The Bertz CT molecular complexity index is 915. The Morgan fingerprint density at radius 1 is 1.29 bits per heavy atom. The second-order valence-corrected chi connectivity index (χ2v) is 7.07. The summed E-state index contributed by atoms with van der Waals surface area (Å²) in [6, 6.07) is 9.92. The molecule has 140 valence electrons. The van der Waals surface area contributed by atoms with Gasteiger partial charge in [-0.3, -0.25) is 4.79 Å². The Balaban J connectivity index is 0.00000225. The molecule has 0 radical (unpaired) electrons. The van der Waals surface area contributed by atoms with Gasteiger partial charge in [-0.1, -0.05) is 17.7 Å². The molecule has 28 heavy (non-hydrogen) atoms. The van der Waals surface area contributed by atoms with Crippen LogP contribution < -0.4 is 49.0 Å². The van der Waals surface area contributed by atoms with Gasteiger partial charge in [-0.15, -0.1) is 0 Å². The minimum atomic E-state index is -1.35. The molecule has 1 fully saturated rings. The van der Waals surface area contributed by atoms with E-state index in [1.54, 1.807) is 30.3 Å². The molecule has 1 heterocycles. The van der Waals surface area contributed by atoms with Crippen molar-refractivity contribution < 1.29 is 53.7 Å². The number of benzene rings is 2. The van der Waals surface area contributed by atoms with E-state index in [0.29, 0.717) is 16.5 Å². The SMILES string of the molecule is O=C([O-])c1cccc2c1OCC(=O)N2Cc1cc(Cl)ccc1OC1CCC1.[Na+]. The molecule has 0 atom stereocenters. The maximum absolute atomic E-state index is 12.5. The summed E-state index contributed by atoms with van der Waals surface area (Å²) < 4.78 is 11.4. The van der Waals surface area contributed by atoms with E-state index in [1.165, 1.54) is 11.0 Å². The molecule has 1 aliphatic carbocycles. The molecule has 0 aromatic heterocycles. The van der Waals surface area contributed by atoms with Crippen LogP contribution in [0.1, 0.15) is 35.2 Å². The van der Waals surface area contributed by atoms with Crippen molar-refractivity contribution in [2.24, 2.45) is 0 Å². The third-order valence-corrected chi connectivity index (χ3v) is 5.08. The summed E-state index contributed by atoms with van der Waals surface area (Å²) in [6.07, 6.45) is 3.35. The van der Waals surface area contributed by atoms with Crippen LogP contribution in [0.15, 0.2) is 36.4 Å². The van der Waals surface area contributed by atoms with Gasteiger partial charge in [0.2, 0.25) is 0 Å². The average Bonchev–Trinajstić information content (AvgIpc) is 2.61. The number of rotatable bonds is 5. The van der Waals surface area contributed by atoms with Gasteiger partial charge in [0, 0.05) is 16.1 Å². The molecular formula is C20H17ClNNaO5. The summed E-state index contributed by atoms with van der Waals surface area (Å²) >= 11 is 6.15. The van der Waals surface area contributed by atoms with Gasteiger partial charge >= 0.3 is 29.6 Å². The van der Waals surface area contributed by atoms with E-state index in [-0.39, 0.29) is 66.0 Å². The van der Waals surface area contributed by atoms with Gasteiger partial charge in [-0.05, 0) is 49.6 Å². The number of para-hydroxylation sites is 1. The van der Waals surface area contributed by atoms with Crippen molar-refractivity contribution in [3.05, 3.63) is 52.5 Å². The van der Waals surface area contributed by atoms with Crippen LogP contribution in [0, 0.1) is 0 Å². The number of hydrogen-bond acceptors (Lipinski definition) is 5. The Morgan fingerprint density at radius 3 is 2.75 bits per heavy atom. The fourth-order valence-electron chi connectivity index (χ4n) is 3.19. The Kier molecular flexibility index (Phi) is 6.55. The van der Waals surface area contributed by atoms with Crippen LogP contribution in [-0.4, -0.2) is 24.6 Å². The molecule has 6 nitrogen and oxygen atoms in total. The number of carbonyl (C=O) groups excluding carboxylic acids is 2. The molecule has 0 N–H and O–H groups in total. The van der Waals surface area contributed by atoms with Gasteiger partial charge in [0.25, 0.3) is 5.91 Å². The van der Waals surface area contributed by atoms with E-state index in [0.717, 1.165) is 24.8 Å². The topological polar surface area (TPSA) is 78.9 Å². The molecular weight excluding hydrogens is 393 g/mol. The van der Waals surface area contributed by atoms with Crippen molar-refractivity contribution in [2.45, 2.75) is 31.9 Å². The summed E-state index contributed by atoms with van der Waals surface area (Å²) in [5.74, 6) is -0.799. The third-order valence-electron chi connectivity index (χ3n) is 4.84. The van der Waals surface area contributed by atoms with E-state index in [4.69, 9.17) is 21.1 Å². The smallest absolute Gasteiger partial charge is 0.545 e. The zero-order valence-electron chi connectivity index (χ0n) is 15.4. The molecule has 1 amide bonds. The summed E-state index contributed by atoms with van der Waals surface area (Å²) in [4.78, 5) is 25.3. The standard InChI is InChI=1S/C20H18ClNO5.Na/c21-13-7-8-17(27-14-3-1-4-14)12(9-13)10-22-16-6-2-5-15(20(24)25)19(16)26-11-18(22)23;/h2,5-9,14H,1,3-4,10-11H2,(H,24,25);/q;+1/p-1. The zero-order chi connectivity index (χ0) is 19.0. The summed E-state index contributed by atoms with van der Waals surface area (Å²) in [5, 5.41) is 11.9. The number of amides is 1. The molecule has 1 saturated carbocycles. The van der Waals surface area contributed by atoms with Crippen LogP contribution in [0.2, 0.25) is 5.02 Å². The van der Waals surface area contributed by atoms with Crippen LogP contribution in [0.3, 0.4) is 0 Å². The van der Waals surface area contributed by atoms with Crippen molar-refractivity contribution in [1.82, 2.24) is 0 Å². The van der Waals surface area contributed by atoms with Crippen LogP contribution >= 0.6 is 11.6 Å². The van der Waals surface area contributed by atoms with Crippen LogP contribution in [0.25, 0.3) is 0 Å². The minimum absolute atomic E-state index is 0. The molecule has 0 unspecified atom stereocenters. The summed E-state index contributed by atoms with van der Waals surface area (Å²) in [5.41, 5.74) is 1.07. The number of aromatic carboxylic acids is 1. The number of carbonyl (C=O) groups is 2. The quantitative estimate of drug-likeness (QED) is 0.626. The molecule has 0 bridgehead atoms. The number of carboxylic acid groups (broad SMARTS) is 1. The monoisotopic (exact) mass is 409 g/mol. The van der Waals surface area contributed by atoms with Crippen molar-refractivity contribution >= 4 is 29.2 Å². The largest absolute Gasteiger partial charge is 1.00 e. The molecule has 0 spiro atoms. The Morgan fingerprint density at radius 2 is 2.07 bits per heavy atom. The van der Waals surface area contributed by atoms with Crippen molar-refractivity contribution in [1.29, 1.82) is 0 Å². The Hall–Kier alpha value is -1.73. The number of halogens is 1. The van der Waals surface area contributed by atoms with E-state index in [1.807, 2.05) is 0 Å². The number of nitrogens with zero attached hydrogens (tertiary/aromatic N) is 1. The predicted molar refractivity (Wildman–Crippen MR) is 97.2 cm³/mol. The first kappa shape index (κ1) is 21.0. The first-order chi connectivity index (χ1) is 13.0. The third kappa shape index (κ3) is 4.15.